The lowest BCUT2D eigenvalue weighted by molar-refractivity contribution is 0.0941. The molecule has 100 valence electrons. The van der Waals surface area contributed by atoms with Crippen molar-refractivity contribution in [3.05, 3.63) is 28.2 Å². The van der Waals surface area contributed by atoms with Crippen molar-refractivity contribution < 1.29 is 9.90 Å². The van der Waals surface area contributed by atoms with E-state index >= 15 is 0 Å². The highest BCUT2D eigenvalue weighted by atomic mass is 79.9. The average molecular weight is 315 g/mol. The molecule has 5 heteroatoms. The fraction of sp³-hybridized carbons (Fsp3) is 0.462. The van der Waals surface area contributed by atoms with Crippen LogP contribution < -0.4 is 11.1 Å². The summed E-state index contributed by atoms with van der Waals surface area (Å²) in [6.07, 6.45) is 1.60. The van der Waals surface area contributed by atoms with E-state index < -0.39 is 0 Å². The normalized spacial score (nSPS) is 11.3. The van der Waals surface area contributed by atoms with Crippen LogP contribution in [0.2, 0.25) is 0 Å². The number of carbonyl (C=O) groups is 1. The van der Waals surface area contributed by atoms with Gasteiger partial charge in [0.1, 0.15) is 5.75 Å². The monoisotopic (exact) mass is 314 g/mol. The van der Waals surface area contributed by atoms with Gasteiger partial charge in [0.15, 0.2) is 0 Å². The Labute approximate surface area is 116 Å². The number of amides is 1. The highest BCUT2D eigenvalue weighted by Crippen LogP contribution is 2.24. The van der Waals surface area contributed by atoms with Gasteiger partial charge in [-0.05, 0) is 47.0 Å². The third-order valence-corrected chi connectivity index (χ3v) is 3.89. The van der Waals surface area contributed by atoms with Crippen LogP contribution in [0.15, 0.2) is 22.7 Å². The van der Waals surface area contributed by atoms with Gasteiger partial charge in [-0.3, -0.25) is 4.79 Å². The standard InChI is InChI=1S/C13H19BrN2O2/c1-3-13(15,4-2)8-16-12(18)9-5-6-10(14)11(17)7-9/h5-7,17H,3-4,8,15H2,1-2H3,(H,16,18). The van der Waals surface area contributed by atoms with Crippen LogP contribution in [0, 0.1) is 0 Å². The second-order valence-corrected chi connectivity index (χ2v) is 5.27. The largest absolute Gasteiger partial charge is 0.507 e. The first kappa shape index (κ1) is 15.0. The zero-order chi connectivity index (χ0) is 13.8. The zero-order valence-electron chi connectivity index (χ0n) is 10.7. The highest BCUT2D eigenvalue weighted by Gasteiger charge is 2.21. The molecule has 4 nitrogen and oxygen atoms in total. The Morgan fingerprint density at radius 2 is 2.06 bits per heavy atom. The average Bonchev–Trinajstić information content (AvgIpc) is 2.38. The molecule has 0 saturated heterocycles. The van der Waals surface area contributed by atoms with Crippen LogP contribution in [-0.2, 0) is 0 Å². The Bertz CT molecular complexity index is 431. The van der Waals surface area contributed by atoms with E-state index in [1.165, 1.54) is 6.07 Å². The molecule has 0 radical (unpaired) electrons. The maximum atomic E-state index is 11.9. The van der Waals surface area contributed by atoms with Gasteiger partial charge in [0.05, 0.1) is 4.47 Å². The molecule has 1 aromatic carbocycles. The minimum atomic E-state index is -0.368. The number of benzene rings is 1. The van der Waals surface area contributed by atoms with Crippen molar-refractivity contribution in [2.24, 2.45) is 5.73 Å². The molecule has 0 aliphatic heterocycles. The molecule has 0 aliphatic carbocycles. The van der Waals surface area contributed by atoms with Crippen LogP contribution >= 0.6 is 15.9 Å². The van der Waals surface area contributed by atoms with Crippen LogP contribution in [0.25, 0.3) is 0 Å². The zero-order valence-corrected chi connectivity index (χ0v) is 12.3. The summed E-state index contributed by atoms with van der Waals surface area (Å²) in [4.78, 5) is 11.9. The van der Waals surface area contributed by atoms with E-state index in [4.69, 9.17) is 5.73 Å². The van der Waals surface area contributed by atoms with E-state index in [1.807, 2.05) is 13.8 Å². The summed E-state index contributed by atoms with van der Waals surface area (Å²) in [7, 11) is 0. The van der Waals surface area contributed by atoms with E-state index in [-0.39, 0.29) is 17.2 Å². The summed E-state index contributed by atoms with van der Waals surface area (Å²) in [5, 5.41) is 12.3. The van der Waals surface area contributed by atoms with Crippen molar-refractivity contribution in [1.29, 1.82) is 0 Å². The summed E-state index contributed by atoms with van der Waals surface area (Å²) in [5.74, 6) is -0.179. The Morgan fingerprint density at radius 1 is 1.44 bits per heavy atom. The predicted molar refractivity (Wildman–Crippen MR) is 75.6 cm³/mol. The molecule has 0 atom stereocenters. The van der Waals surface area contributed by atoms with Crippen LogP contribution in [0.4, 0.5) is 0 Å². The summed E-state index contributed by atoms with van der Waals surface area (Å²) in [6.45, 7) is 4.43. The molecular formula is C13H19BrN2O2. The number of aromatic hydroxyl groups is 1. The summed E-state index contributed by atoms with van der Waals surface area (Å²) in [6, 6.07) is 4.71. The van der Waals surface area contributed by atoms with Crippen molar-refractivity contribution in [1.82, 2.24) is 5.32 Å². The van der Waals surface area contributed by atoms with Crippen LogP contribution in [-0.4, -0.2) is 23.1 Å². The molecule has 0 saturated carbocycles. The van der Waals surface area contributed by atoms with Crippen LogP contribution in [0.5, 0.6) is 5.75 Å². The molecule has 18 heavy (non-hydrogen) atoms. The van der Waals surface area contributed by atoms with E-state index in [9.17, 15) is 9.90 Å². The van der Waals surface area contributed by atoms with E-state index in [0.29, 0.717) is 16.6 Å². The fourth-order valence-corrected chi connectivity index (χ4v) is 1.76. The Hall–Kier alpha value is -1.07. The molecule has 0 unspecified atom stereocenters. The number of carbonyl (C=O) groups excluding carboxylic acids is 1. The van der Waals surface area contributed by atoms with Crippen molar-refractivity contribution in [2.75, 3.05) is 6.54 Å². The fourth-order valence-electron chi connectivity index (χ4n) is 1.51. The molecule has 4 N–H and O–H groups in total. The maximum Gasteiger partial charge on any atom is 0.251 e. The number of phenols is 1. The Balaban J connectivity index is 2.68. The predicted octanol–water partition coefficient (Wildman–Crippen LogP) is 2.40. The summed E-state index contributed by atoms with van der Waals surface area (Å²) >= 11 is 3.17. The number of nitrogens with two attached hydrogens (primary N) is 1. The van der Waals surface area contributed by atoms with Gasteiger partial charge in [-0.2, -0.15) is 0 Å². The minimum absolute atomic E-state index is 0.0487. The second kappa shape index (κ2) is 6.20. The molecule has 0 fully saturated rings. The van der Waals surface area contributed by atoms with Crippen molar-refractivity contribution in [3.8, 4) is 5.75 Å². The lowest BCUT2D eigenvalue weighted by atomic mass is 9.94. The topological polar surface area (TPSA) is 75.3 Å². The molecule has 0 heterocycles. The number of rotatable bonds is 5. The quantitative estimate of drug-likeness (QED) is 0.781. The van der Waals surface area contributed by atoms with Crippen molar-refractivity contribution >= 4 is 21.8 Å². The number of hydrogen-bond donors (Lipinski definition) is 3. The van der Waals surface area contributed by atoms with Crippen molar-refractivity contribution in [3.63, 3.8) is 0 Å². The molecule has 0 bridgehead atoms. The second-order valence-electron chi connectivity index (χ2n) is 4.42. The van der Waals surface area contributed by atoms with E-state index in [2.05, 4.69) is 21.2 Å². The van der Waals surface area contributed by atoms with Gasteiger partial charge in [-0.25, -0.2) is 0 Å². The van der Waals surface area contributed by atoms with Gasteiger partial charge < -0.3 is 16.2 Å². The van der Waals surface area contributed by atoms with Crippen LogP contribution in [0.1, 0.15) is 37.0 Å². The van der Waals surface area contributed by atoms with Gasteiger partial charge in [0.25, 0.3) is 5.91 Å². The van der Waals surface area contributed by atoms with Crippen LogP contribution in [0.3, 0.4) is 0 Å². The molecule has 1 aromatic rings. The highest BCUT2D eigenvalue weighted by molar-refractivity contribution is 9.10. The first-order valence-corrected chi connectivity index (χ1v) is 6.76. The first-order valence-electron chi connectivity index (χ1n) is 5.97. The summed E-state index contributed by atoms with van der Waals surface area (Å²) in [5.41, 5.74) is 6.16. The van der Waals surface area contributed by atoms with Gasteiger partial charge in [0, 0.05) is 17.6 Å². The molecule has 1 amide bonds. The SMILES string of the molecule is CCC(N)(CC)CNC(=O)c1ccc(Br)c(O)c1. The third-order valence-electron chi connectivity index (χ3n) is 3.22. The molecule has 0 aromatic heterocycles. The minimum Gasteiger partial charge on any atom is -0.507 e. The van der Waals surface area contributed by atoms with Crippen molar-refractivity contribution in [2.45, 2.75) is 32.2 Å². The Kier molecular flexibility index (Phi) is 5.16. The van der Waals surface area contributed by atoms with Gasteiger partial charge in [-0.1, -0.05) is 13.8 Å². The first-order chi connectivity index (χ1) is 8.41. The van der Waals surface area contributed by atoms with E-state index in [1.54, 1.807) is 12.1 Å². The third kappa shape index (κ3) is 3.71. The molecule has 1 rings (SSSR count). The number of hydrogen-bond acceptors (Lipinski definition) is 3. The smallest absolute Gasteiger partial charge is 0.251 e. The molecule has 0 spiro atoms. The van der Waals surface area contributed by atoms with Gasteiger partial charge in [0.2, 0.25) is 0 Å². The number of halogens is 1. The lowest BCUT2D eigenvalue weighted by Gasteiger charge is -2.26. The number of nitrogens with one attached hydrogen (secondary N) is 1. The maximum absolute atomic E-state index is 11.9. The van der Waals surface area contributed by atoms with E-state index in [0.717, 1.165) is 12.8 Å². The Morgan fingerprint density at radius 3 is 2.56 bits per heavy atom. The number of phenolic OH excluding ortho intramolecular Hbond substituents is 1. The van der Waals surface area contributed by atoms with Gasteiger partial charge in [-0.15, -0.1) is 0 Å². The molecular weight excluding hydrogens is 296 g/mol. The summed E-state index contributed by atoms with van der Waals surface area (Å²) < 4.78 is 0.564. The van der Waals surface area contributed by atoms with Gasteiger partial charge >= 0.3 is 0 Å². The molecule has 0 aliphatic rings. The lowest BCUT2D eigenvalue weighted by Crippen LogP contribution is -2.49.